The van der Waals surface area contributed by atoms with Crippen LogP contribution in [0.5, 0.6) is 0 Å². The molecule has 1 rings (SSSR count). The quantitative estimate of drug-likeness (QED) is 0.0299. The fourth-order valence-corrected chi connectivity index (χ4v) is 5.49. The third-order valence-corrected chi connectivity index (χ3v) is 8.75. The second-order valence-corrected chi connectivity index (χ2v) is 13.7. The number of hydrogen-bond donors (Lipinski definition) is 4. The summed E-state index contributed by atoms with van der Waals surface area (Å²) in [6.45, 7) is 3.14. The Labute approximate surface area is 331 Å². The fraction of sp³-hybridized carbons (Fsp3) is 0.644. The summed E-state index contributed by atoms with van der Waals surface area (Å²) in [5.41, 5.74) is 0. The molecular formula is C45H72O10. The van der Waals surface area contributed by atoms with Crippen LogP contribution >= 0.6 is 0 Å². The van der Waals surface area contributed by atoms with Crippen LogP contribution < -0.4 is 0 Å². The summed E-state index contributed by atoms with van der Waals surface area (Å²) in [4.78, 5) is 25.2. The summed E-state index contributed by atoms with van der Waals surface area (Å²) in [5, 5.41) is 40.0. The average molecular weight is 773 g/mol. The van der Waals surface area contributed by atoms with Gasteiger partial charge in [-0.3, -0.25) is 9.59 Å². The molecule has 0 bridgehead atoms. The number of rotatable bonds is 32. The summed E-state index contributed by atoms with van der Waals surface area (Å²) in [6.07, 6.45) is 37.4. The van der Waals surface area contributed by atoms with Crippen molar-refractivity contribution in [1.29, 1.82) is 0 Å². The van der Waals surface area contributed by atoms with Gasteiger partial charge in [-0.05, 0) is 77.0 Å². The van der Waals surface area contributed by atoms with Crippen LogP contribution in [0, 0.1) is 0 Å². The van der Waals surface area contributed by atoms with E-state index < -0.39 is 55.4 Å². The molecule has 1 saturated heterocycles. The van der Waals surface area contributed by atoms with E-state index in [4.69, 9.17) is 18.9 Å². The molecule has 10 nitrogen and oxygen atoms in total. The third kappa shape index (κ3) is 27.2. The molecule has 1 heterocycles. The zero-order valence-corrected chi connectivity index (χ0v) is 33.6. The first-order valence-corrected chi connectivity index (χ1v) is 20.7. The van der Waals surface area contributed by atoms with Gasteiger partial charge in [0, 0.05) is 12.8 Å². The maximum Gasteiger partial charge on any atom is 0.306 e. The number of aliphatic hydroxyl groups is 4. The monoisotopic (exact) mass is 773 g/mol. The SMILES string of the molecule is CC/C=C\C/C=C\C/C=C\C/C=C\C/C=C\CCCC(=O)OC(COC(=O)CCCCCCC/C=C\C/C=C\CCC)COC1OC(CO)C(O)C(O)C1O. The van der Waals surface area contributed by atoms with Crippen molar-refractivity contribution in [2.24, 2.45) is 0 Å². The van der Waals surface area contributed by atoms with E-state index in [1.807, 2.05) is 6.08 Å². The van der Waals surface area contributed by atoms with Crippen molar-refractivity contribution < 1.29 is 49.0 Å². The fourth-order valence-electron chi connectivity index (χ4n) is 5.49. The summed E-state index contributed by atoms with van der Waals surface area (Å²) in [5.74, 6) is -0.903. The Balaban J connectivity index is 2.44. The van der Waals surface area contributed by atoms with E-state index in [-0.39, 0.29) is 26.1 Å². The van der Waals surface area contributed by atoms with Crippen molar-refractivity contribution in [3.8, 4) is 0 Å². The molecule has 55 heavy (non-hydrogen) atoms. The lowest BCUT2D eigenvalue weighted by atomic mass is 9.99. The van der Waals surface area contributed by atoms with Gasteiger partial charge < -0.3 is 39.4 Å². The van der Waals surface area contributed by atoms with Gasteiger partial charge in [0.05, 0.1) is 13.2 Å². The zero-order valence-electron chi connectivity index (χ0n) is 33.6. The van der Waals surface area contributed by atoms with E-state index in [0.717, 1.165) is 77.0 Å². The molecule has 0 spiro atoms. The van der Waals surface area contributed by atoms with Crippen LogP contribution in [0.25, 0.3) is 0 Å². The molecule has 0 aliphatic carbocycles. The van der Waals surface area contributed by atoms with E-state index in [2.05, 4.69) is 92.8 Å². The van der Waals surface area contributed by atoms with Crippen LogP contribution in [0.4, 0.5) is 0 Å². The van der Waals surface area contributed by atoms with Crippen molar-refractivity contribution in [2.45, 2.75) is 166 Å². The number of unbranched alkanes of at least 4 members (excludes halogenated alkanes) is 7. The molecule has 6 unspecified atom stereocenters. The van der Waals surface area contributed by atoms with Gasteiger partial charge in [-0.2, -0.15) is 0 Å². The summed E-state index contributed by atoms with van der Waals surface area (Å²) in [7, 11) is 0. The Hall–Kier alpha value is -3.12. The lowest BCUT2D eigenvalue weighted by molar-refractivity contribution is -0.305. The van der Waals surface area contributed by atoms with Crippen LogP contribution in [0.15, 0.2) is 85.1 Å². The van der Waals surface area contributed by atoms with Gasteiger partial charge in [0.1, 0.15) is 31.0 Å². The highest BCUT2D eigenvalue weighted by atomic mass is 16.7. The van der Waals surface area contributed by atoms with Crippen molar-refractivity contribution in [2.75, 3.05) is 19.8 Å². The molecule has 4 N–H and O–H groups in total. The smallest absolute Gasteiger partial charge is 0.306 e. The Morgan fingerprint density at radius 3 is 1.67 bits per heavy atom. The molecule has 1 aliphatic heterocycles. The minimum absolute atomic E-state index is 0.143. The maximum absolute atomic E-state index is 12.7. The number of ether oxygens (including phenoxy) is 4. The van der Waals surface area contributed by atoms with Crippen LogP contribution in [0.3, 0.4) is 0 Å². The van der Waals surface area contributed by atoms with Gasteiger partial charge in [-0.15, -0.1) is 0 Å². The first-order chi connectivity index (χ1) is 26.8. The van der Waals surface area contributed by atoms with E-state index in [1.54, 1.807) is 0 Å². The first-order valence-electron chi connectivity index (χ1n) is 20.7. The second-order valence-electron chi connectivity index (χ2n) is 13.7. The Morgan fingerprint density at radius 1 is 0.582 bits per heavy atom. The summed E-state index contributed by atoms with van der Waals surface area (Å²) >= 11 is 0. The van der Waals surface area contributed by atoms with Crippen molar-refractivity contribution in [3.05, 3.63) is 85.1 Å². The number of carbonyl (C=O) groups excluding carboxylic acids is 2. The number of carbonyl (C=O) groups is 2. The first kappa shape index (κ1) is 49.9. The van der Waals surface area contributed by atoms with Gasteiger partial charge in [0.15, 0.2) is 12.4 Å². The Morgan fingerprint density at radius 2 is 1.09 bits per heavy atom. The van der Waals surface area contributed by atoms with E-state index in [9.17, 15) is 30.0 Å². The average Bonchev–Trinajstić information content (AvgIpc) is 3.18. The minimum Gasteiger partial charge on any atom is -0.462 e. The topological polar surface area (TPSA) is 152 Å². The van der Waals surface area contributed by atoms with Crippen molar-refractivity contribution in [1.82, 2.24) is 0 Å². The molecule has 0 aromatic rings. The normalized spacial score (nSPS) is 21.5. The summed E-state index contributed by atoms with van der Waals surface area (Å²) < 4.78 is 22.0. The predicted octanol–water partition coefficient (Wildman–Crippen LogP) is 8.21. The minimum atomic E-state index is -1.61. The van der Waals surface area contributed by atoms with Gasteiger partial charge in [-0.25, -0.2) is 0 Å². The second kappa shape index (κ2) is 35.3. The van der Waals surface area contributed by atoms with E-state index in [0.29, 0.717) is 19.3 Å². The van der Waals surface area contributed by atoms with Gasteiger partial charge in [0.2, 0.25) is 0 Å². The molecule has 1 fully saturated rings. The highest BCUT2D eigenvalue weighted by Crippen LogP contribution is 2.22. The maximum atomic E-state index is 12.7. The summed E-state index contributed by atoms with van der Waals surface area (Å²) in [6, 6.07) is 0. The Kier molecular flexibility index (Phi) is 32.0. The lowest BCUT2D eigenvalue weighted by Crippen LogP contribution is -2.59. The number of aliphatic hydroxyl groups excluding tert-OH is 4. The molecule has 0 aromatic carbocycles. The van der Waals surface area contributed by atoms with Gasteiger partial charge >= 0.3 is 11.9 Å². The van der Waals surface area contributed by atoms with Crippen LogP contribution in [-0.4, -0.2) is 89.0 Å². The standard InChI is InChI=1S/C45H72O10/c1-3-5-7-9-11-13-15-17-18-19-20-22-24-26-28-30-32-34-41(48)54-38(37-53-45-44(51)43(50)42(49)39(35-46)55-45)36-52-40(47)33-31-29-27-25-23-21-16-14-12-10-8-6-4-2/h5,7-8,10-11,13-14,16-18,20,22,26,28,38-39,42-46,49-51H,3-4,6,9,12,15,19,21,23-25,27,29-37H2,1-2H3/b7-5-,10-8-,13-11-,16-14-,18-17-,22-20-,28-26-. The van der Waals surface area contributed by atoms with Crippen LogP contribution in [0.1, 0.15) is 129 Å². The largest absolute Gasteiger partial charge is 0.462 e. The third-order valence-electron chi connectivity index (χ3n) is 8.75. The molecule has 0 amide bonds. The van der Waals surface area contributed by atoms with Crippen molar-refractivity contribution in [3.63, 3.8) is 0 Å². The molecular weight excluding hydrogens is 700 g/mol. The number of allylic oxidation sites excluding steroid dienone is 14. The van der Waals surface area contributed by atoms with Crippen LogP contribution in [-0.2, 0) is 28.5 Å². The molecule has 0 aromatic heterocycles. The van der Waals surface area contributed by atoms with Gasteiger partial charge in [0.25, 0.3) is 0 Å². The highest BCUT2D eigenvalue weighted by molar-refractivity contribution is 5.70. The van der Waals surface area contributed by atoms with E-state index in [1.165, 1.54) is 6.42 Å². The number of hydrogen-bond acceptors (Lipinski definition) is 10. The molecule has 1 aliphatic rings. The van der Waals surface area contributed by atoms with Gasteiger partial charge in [-0.1, -0.05) is 125 Å². The molecule has 10 heteroatoms. The van der Waals surface area contributed by atoms with Crippen LogP contribution in [0.2, 0.25) is 0 Å². The van der Waals surface area contributed by atoms with E-state index >= 15 is 0 Å². The highest BCUT2D eigenvalue weighted by Gasteiger charge is 2.44. The van der Waals surface area contributed by atoms with Crippen molar-refractivity contribution >= 4 is 11.9 Å². The molecule has 0 radical (unpaired) electrons. The number of esters is 2. The lowest BCUT2D eigenvalue weighted by Gasteiger charge is -2.39. The molecule has 6 atom stereocenters. The predicted molar refractivity (Wildman–Crippen MR) is 219 cm³/mol. The zero-order chi connectivity index (χ0) is 40.2. The molecule has 0 saturated carbocycles. The Bertz CT molecular complexity index is 1170. The molecule has 312 valence electrons.